The molecule has 2 aromatic rings. The lowest BCUT2D eigenvalue weighted by molar-refractivity contribution is 0.418. The normalized spacial score (nSPS) is 27.8. The van der Waals surface area contributed by atoms with Crippen molar-refractivity contribution in [2.24, 2.45) is 0 Å². The van der Waals surface area contributed by atoms with Crippen molar-refractivity contribution >= 4 is 21.4 Å². The zero-order valence-electron chi connectivity index (χ0n) is 14.3. The lowest BCUT2D eigenvalue weighted by atomic mass is 9.89. The van der Waals surface area contributed by atoms with Gasteiger partial charge in [0.25, 0.3) is 0 Å². The Kier molecular flexibility index (Phi) is 4.06. The van der Waals surface area contributed by atoms with Crippen LogP contribution in [0.3, 0.4) is 0 Å². The number of nitrogens with one attached hydrogen (secondary N) is 2. The van der Waals surface area contributed by atoms with E-state index in [4.69, 9.17) is 11.1 Å². The maximum absolute atomic E-state index is 14.3. The third-order valence-electron chi connectivity index (χ3n) is 4.95. The van der Waals surface area contributed by atoms with Crippen LogP contribution in [0.15, 0.2) is 42.5 Å². The van der Waals surface area contributed by atoms with Crippen LogP contribution in [-0.2, 0) is 20.1 Å². The highest BCUT2D eigenvalue weighted by Gasteiger charge is 2.55. The summed E-state index contributed by atoms with van der Waals surface area (Å²) in [4.78, 5) is 0. The van der Waals surface area contributed by atoms with Gasteiger partial charge in [0.1, 0.15) is 17.5 Å². The fourth-order valence-corrected chi connectivity index (χ4v) is 5.51. The van der Waals surface area contributed by atoms with E-state index in [9.17, 15) is 17.2 Å². The number of benzene rings is 2. The molecule has 26 heavy (non-hydrogen) atoms. The average molecular weight is 379 g/mol. The van der Waals surface area contributed by atoms with Crippen molar-refractivity contribution < 1.29 is 17.2 Å². The highest BCUT2D eigenvalue weighted by Crippen LogP contribution is 2.41. The molecule has 8 heteroatoms. The lowest BCUT2D eigenvalue weighted by Gasteiger charge is -2.45. The Morgan fingerprint density at radius 1 is 1.08 bits per heavy atom. The number of sulfone groups is 1. The average Bonchev–Trinajstić information content (AvgIpc) is 2.54. The van der Waals surface area contributed by atoms with Crippen molar-refractivity contribution in [2.75, 3.05) is 11.5 Å². The van der Waals surface area contributed by atoms with E-state index in [2.05, 4.69) is 5.32 Å². The molecule has 3 rings (SSSR count). The van der Waals surface area contributed by atoms with Crippen LogP contribution in [0.25, 0.3) is 0 Å². The largest absolute Gasteiger partial charge is 0.399 e. The Hall–Kier alpha value is -2.48. The molecule has 0 radical (unpaired) electrons. The fraction of sp³-hybridized carbons (Fsp3) is 0.278. The first-order chi connectivity index (χ1) is 12.0. The van der Waals surface area contributed by atoms with Crippen LogP contribution in [0.2, 0.25) is 0 Å². The summed E-state index contributed by atoms with van der Waals surface area (Å²) in [5.41, 5.74) is 4.51. The van der Waals surface area contributed by atoms with Gasteiger partial charge in [0.05, 0.1) is 11.3 Å². The Labute approximate surface area is 150 Å². The van der Waals surface area contributed by atoms with Crippen LogP contribution >= 0.6 is 0 Å². The van der Waals surface area contributed by atoms with Crippen LogP contribution < -0.4 is 11.1 Å². The van der Waals surface area contributed by atoms with Gasteiger partial charge in [-0.25, -0.2) is 17.2 Å². The van der Waals surface area contributed by atoms with E-state index in [1.807, 2.05) is 0 Å². The molecule has 0 saturated carbocycles. The van der Waals surface area contributed by atoms with E-state index in [1.165, 1.54) is 44.2 Å². The highest BCUT2D eigenvalue weighted by molar-refractivity contribution is 7.93. The van der Waals surface area contributed by atoms with Crippen molar-refractivity contribution in [3.05, 3.63) is 65.2 Å². The molecule has 138 valence electrons. The molecule has 4 N–H and O–H groups in total. The monoisotopic (exact) mass is 379 g/mol. The minimum absolute atomic E-state index is 0.0430. The van der Waals surface area contributed by atoms with E-state index in [0.717, 1.165) is 12.1 Å². The van der Waals surface area contributed by atoms with Crippen LogP contribution in [0.5, 0.6) is 0 Å². The lowest BCUT2D eigenvalue weighted by Crippen LogP contribution is -2.63. The fourth-order valence-electron chi connectivity index (χ4n) is 3.37. The van der Waals surface area contributed by atoms with Gasteiger partial charge in [-0.3, -0.25) is 5.41 Å². The van der Waals surface area contributed by atoms with Crippen molar-refractivity contribution in [1.82, 2.24) is 5.32 Å². The summed E-state index contributed by atoms with van der Waals surface area (Å²) in [5.74, 6) is -2.29. The number of rotatable bonds is 2. The third kappa shape index (κ3) is 2.56. The SMILES string of the molecule is C[C@@]1(c2cc(N)ccc2F)CS(=O)(=O)[C@@](C)(c2ccccc2F)C(=N)N1. The van der Waals surface area contributed by atoms with Gasteiger partial charge >= 0.3 is 0 Å². The van der Waals surface area contributed by atoms with E-state index in [0.29, 0.717) is 0 Å². The minimum Gasteiger partial charge on any atom is -0.399 e. The van der Waals surface area contributed by atoms with Gasteiger partial charge in [0.2, 0.25) is 0 Å². The summed E-state index contributed by atoms with van der Waals surface area (Å²) in [6.07, 6.45) is 0. The van der Waals surface area contributed by atoms with Gasteiger partial charge < -0.3 is 11.1 Å². The van der Waals surface area contributed by atoms with Gasteiger partial charge in [-0.15, -0.1) is 0 Å². The second-order valence-corrected chi connectivity index (χ2v) is 9.18. The van der Waals surface area contributed by atoms with Crippen LogP contribution in [0.4, 0.5) is 14.5 Å². The molecular weight excluding hydrogens is 360 g/mol. The summed E-state index contributed by atoms with van der Waals surface area (Å²) in [7, 11) is -4.07. The first-order valence-electron chi connectivity index (χ1n) is 7.91. The molecule has 0 bridgehead atoms. The topological polar surface area (TPSA) is 96.0 Å². The molecule has 2 atom stereocenters. The Bertz CT molecular complexity index is 1010. The number of hydrogen-bond acceptors (Lipinski definition) is 4. The van der Waals surface area contributed by atoms with E-state index >= 15 is 0 Å². The Morgan fingerprint density at radius 3 is 2.31 bits per heavy atom. The first-order valence-corrected chi connectivity index (χ1v) is 9.56. The first kappa shape index (κ1) is 18.3. The molecule has 1 aliphatic rings. The van der Waals surface area contributed by atoms with Gasteiger partial charge in [-0.2, -0.15) is 0 Å². The van der Waals surface area contributed by atoms with Crippen molar-refractivity contribution in [3.63, 3.8) is 0 Å². The second kappa shape index (κ2) is 5.77. The number of halogens is 2. The summed E-state index contributed by atoms with van der Waals surface area (Å²) in [6.45, 7) is 2.77. The number of nitrogen functional groups attached to an aromatic ring is 1. The molecule has 0 amide bonds. The summed E-state index contributed by atoms with van der Waals surface area (Å²) >= 11 is 0. The number of nitrogens with two attached hydrogens (primary N) is 1. The van der Waals surface area contributed by atoms with Gasteiger partial charge in [0, 0.05) is 16.8 Å². The molecule has 0 aromatic heterocycles. The molecule has 1 fully saturated rings. The van der Waals surface area contributed by atoms with E-state index < -0.39 is 43.3 Å². The third-order valence-corrected chi connectivity index (χ3v) is 7.58. The molecule has 0 aliphatic carbocycles. The molecule has 5 nitrogen and oxygen atoms in total. The molecule has 0 unspecified atom stereocenters. The van der Waals surface area contributed by atoms with Crippen molar-refractivity contribution in [2.45, 2.75) is 24.1 Å². The minimum atomic E-state index is -4.07. The smallest absolute Gasteiger partial charge is 0.169 e. The quantitative estimate of drug-likeness (QED) is 0.699. The number of hydrogen-bond donors (Lipinski definition) is 3. The van der Waals surface area contributed by atoms with Gasteiger partial charge in [0.15, 0.2) is 14.6 Å². The molecule has 1 aliphatic heterocycles. The molecule has 1 saturated heterocycles. The molecule has 0 spiro atoms. The zero-order valence-corrected chi connectivity index (χ0v) is 15.1. The maximum Gasteiger partial charge on any atom is 0.169 e. The van der Waals surface area contributed by atoms with Gasteiger partial charge in [-0.05, 0) is 38.1 Å². The van der Waals surface area contributed by atoms with Crippen LogP contribution in [-0.4, -0.2) is 20.0 Å². The van der Waals surface area contributed by atoms with Gasteiger partial charge in [-0.1, -0.05) is 18.2 Å². The zero-order chi connectivity index (χ0) is 19.3. The number of anilines is 1. The molecule has 1 heterocycles. The standard InChI is InChI=1S/C18H19F2N3O2S/c1-17(13-9-11(21)7-8-15(13)20)10-26(24,25)18(2,16(22)23-17)12-5-3-4-6-14(12)19/h3-9H,10,21H2,1-2H3,(H2,22,23)/t17-,18-/m0/s1. The predicted octanol–water partition coefficient (Wildman–Crippen LogP) is 2.67. The number of amidine groups is 1. The predicted molar refractivity (Wildman–Crippen MR) is 96.6 cm³/mol. The van der Waals surface area contributed by atoms with Crippen molar-refractivity contribution in [3.8, 4) is 0 Å². The maximum atomic E-state index is 14.3. The Balaban J connectivity index is 2.16. The summed E-state index contributed by atoms with van der Waals surface area (Å²) < 4.78 is 53.0. The second-order valence-electron chi connectivity index (χ2n) is 6.84. The Morgan fingerprint density at radius 2 is 1.69 bits per heavy atom. The molecule has 2 aromatic carbocycles. The van der Waals surface area contributed by atoms with Crippen LogP contribution in [0.1, 0.15) is 25.0 Å². The summed E-state index contributed by atoms with van der Waals surface area (Å²) in [6, 6.07) is 9.31. The van der Waals surface area contributed by atoms with Crippen molar-refractivity contribution in [1.29, 1.82) is 5.41 Å². The van der Waals surface area contributed by atoms with E-state index in [-0.39, 0.29) is 16.8 Å². The van der Waals surface area contributed by atoms with E-state index in [1.54, 1.807) is 0 Å². The molecular formula is C18H19F2N3O2S. The van der Waals surface area contributed by atoms with Crippen LogP contribution in [0, 0.1) is 17.0 Å². The highest BCUT2D eigenvalue weighted by atomic mass is 32.2. The summed E-state index contributed by atoms with van der Waals surface area (Å²) in [5, 5.41) is 11.1.